The Balaban J connectivity index is 1.86. The fourth-order valence-electron chi connectivity index (χ4n) is 2.21. The Morgan fingerprint density at radius 3 is 2.59 bits per heavy atom. The summed E-state index contributed by atoms with van der Waals surface area (Å²) < 4.78 is 0. The molecule has 0 radical (unpaired) electrons. The summed E-state index contributed by atoms with van der Waals surface area (Å²) in [6, 6.07) is 7.99. The molecule has 112 valence electrons. The van der Waals surface area contributed by atoms with Crippen LogP contribution in [0.4, 0.5) is 5.69 Å². The second-order valence-corrected chi connectivity index (χ2v) is 7.14. The Morgan fingerprint density at radius 2 is 2.00 bits per heavy atom. The number of hydrogen-bond donors (Lipinski definition) is 1. The van der Waals surface area contributed by atoms with E-state index in [1.807, 2.05) is 54.7 Å². The van der Waals surface area contributed by atoms with Crippen molar-refractivity contribution in [2.75, 3.05) is 19.0 Å². The minimum Gasteiger partial charge on any atom is -0.378 e. The maximum Gasteiger partial charge on any atom is 0.186 e. The monoisotopic (exact) mass is 329 g/mol. The third kappa shape index (κ3) is 2.84. The van der Waals surface area contributed by atoms with Gasteiger partial charge in [-0.1, -0.05) is 23.9 Å². The maximum atomic E-state index is 12.5. The average Bonchev–Trinajstić information content (AvgIpc) is 3.09. The fraction of sp³-hybridized carbons (Fsp3) is 0.188. The van der Waals surface area contributed by atoms with Gasteiger partial charge in [0, 0.05) is 31.4 Å². The molecule has 1 aliphatic rings. The Morgan fingerprint density at radius 1 is 1.27 bits per heavy atom. The second-order valence-electron chi connectivity index (χ2n) is 5.13. The van der Waals surface area contributed by atoms with Gasteiger partial charge in [0.15, 0.2) is 5.78 Å². The molecule has 1 saturated heterocycles. The SMILES string of the molecule is CN(C)c1ccc(/C=C2\SC(=N)[C@H](c3nccs3)C2=O)cc1. The van der Waals surface area contributed by atoms with Gasteiger partial charge >= 0.3 is 0 Å². The number of rotatable bonds is 3. The number of carbonyl (C=O) groups excluding carboxylic acids is 1. The number of hydrogen-bond acceptors (Lipinski definition) is 6. The van der Waals surface area contributed by atoms with Crippen molar-refractivity contribution in [2.24, 2.45) is 0 Å². The molecule has 0 saturated carbocycles. The smallest absolute Gasteiger partial charge is 0.186 e. The molecule has 2 aromatic rings. The number of carbonyl (C=O) groups is 1. The van der Waals surface area contributed by atoms with Gasteiger partial charge in [0.2, 0.25) is 0 Å². The van der Waals surface area contributed by atoms with Gasteiger partial charge in [-0.15, -0.1) is 11.3 Å². The predicted molar refractivity (Wildman–Crippen MR) is 93.9 cm³/mol. The van der Waals surface area contributed by atoms with Gasteiger partial charge in [-0.2, -0.15) is 0 Å². The first-order valence-corrected chi connectivity index (χ1v) is 8.45. The van der Waals surface area contributed by atoms with Gasteiger partial charge < -0.3 is 4.90 Å². The zero-order valence-corrected chi connectivity index (χ0v) is 13.9. The zero-order valence-electron chi connectivity index (χ0n) is 12.2. The molecule has 0 bridgehead atoms. The first-order valence-electron chi connectivity index (χ1n) is 6.75. The summed E-state index contributed by atoms with van der Waals surface area (Å²) in [4.78, 5) is 19.3. The van der Waals surface area contributed by atoms with Crippen molar-refractivity contribution >= 4 is 45.7 Å². The van der Waals surface area contributed by atoms with Crippen molar-refractivity contribution in [1.29, 1.82) is 5.41 Å². The van der Waals surface area contributed by atoms with Crippen LogP contribution < -0.4 is 4.90 Å². The number of Topliss-reactive ketones (excluding diaryl/α,β-unsaturated/α-hetero) is 1. The summed E-state index contributed by atoms with van der Waals surface area (Å²) in [7, 11) is 3.98. The minimum atomic E-state index is -0.516. The van der Waals surface area contributed by atoms with Crippen LogP contribution in [0.3, 0.4) is 0 Å². The number of anilines is 1. The first-order chi connectivity index (χ1) is 10.6. The van der Waals surface area contributed by atoms with Crippen LogP contribution in [0.15, 0.2) is 40.7 Å². The lowest BCUT2D eigenvalue weighted by Crippen LogP contribution is -2.11. The Labute approximate surface area is 137 Å². The molecule has 2 heterocycles. The van der Waals surface area contributed by atoms with Crippen LogP contribution in [0.2, 0.25) is 0 Å². The topological polar surface area (TPSA) is 57.1 Å². The Hall–Kier alpha value is -1.92. The normalized spacial score (nSPS) is 19.9. The van der Waals surface area contributed by atoms with Crippen LogP contribution >= 0.6 is 23.1 Å². The Kier molecular flexibility index (Phi) is 4.13. The van der Waals surface area contributed by atoms with Crippen molar-refractivity contribution in [1.82, 2.24) is 4.98 Å². The van der Waals surface area contributed by atoms with Gasteiger partial charge in [-0.05, 0) is 23.8 Å². The van der Waals surface area contributed by atoms with Crippen molar-refractivity contribution < 1.29 is 4.79 Å². The molecule has 3 rings (SSSR count). The van der Waals surface area contributed by atoms with E-state index in [0.717, 1.165) is 11.3 Å². The van der Waals surface area contributed by atoms with Crippen LogP contribution in [-0.2, 0) is 4.79 Å². The second kappa shape index (κ2) is 6.06. The summed E-state index contributed by atoms with van der Waals surface area (Å²) in [5.41, 5.74) is 2.08. The van der Waals surface area contributed by atoms with Crippen molar-refractivity contribution in [3.8, 4) is 0 Å². The zero-order chi connectivity index (χ0) is 15.7. The van der Waals surface area contributed by atoms with Crippen molar-refractivity contribution in [3.63, 3.8) is 0 Å². The summed E-state index contributed by atoms with van der Waals surface area (Å²) in [5, 5.41) is 11.0. The number of thiazole rings is 1. The molecule has 0 amide bonds. The lowest BCUT2D eigenvalue weighted by Gasteiger charge is -2.11. The summed E-state index contributed by atoms with van der Waals surface area (Å²) in [5.74, 6) is -0.543. The molecule has 0 unspecified atom stereocenters. The van der Waals surface area contributed by atoms with E-state index in [2.05, 4.69) is 4.98 Å². The van der Waals surface area contributed by atoms with E-state index in [0.29, 0.717) is 15.0 Å². The highest BCUT2D eigenvalue weighted by atomic mass is 32.2. The number of nitrogens with one attached hydrogen (secondary N) is 1. The van der Waals surface area contributed by atoms with E-state index in [1.165, 1.54) is 23.1 Å². The highest BCUT2D eigenvalue weighted by Crippen LogP contribution is 2.41. The van der Waals surface area contributed by atoms with Crippen molar-refractivity contribution in [2.45, 2.75) is 5.92 Å². The predicted octanol–water partition coefficient (Wildman–Crippen LogP) is 3.63. The molecular weight excluding hydrogens is 314 g/mol. The summed E-state index contributed by atoms with van der Waals surface area (Å²) >= 11 is 2.66. The molecule has 1 aliphatic heterocycles. The lowest BCUT2D eigenvalue weighted by atomic mass is 10.0. The third-order valence-corrected chi connectivity index (χ3v) is 5.23. The van der Waals surface area contributed by atoms with Gasteiger partial charge in [0.05, 0.1) is 9.95 Å². The molecule has 0 aliphatic carbocycles. The summed E-state index contributed by atoms with van der Waals surface area (Å²) in [6.45, 7) is 0. The summed E-state index contributed by atoms with van der Waals surface area (Å²) in [6.07, 6.45) is 3.53. The van der Waals surface area contributed by atoms with Gasteiger partial charge in [0.25, 0.3) is 0 Å². The van der Waals surface area contributed by atoms with Crippen LogP contribution in [0.1, 0.15) is 16.5 Å². The molecule has 1 aromatic heterocycles. The molecule has 22 heavy (non-hydrogen) atoms. The molecule has 4 nitrogen and oxygen atoms in total. The van der Waals surface area contributed by atoms with Crippen LogP contribution in [-0.4, -0.2) is 29.9 Å². The van der Waals surface area contributed by atoms with E-state index in [-0.39, 0.29) is 5.78 Å². The maximum absolute atomic E-state index is 12.5. The highest BCUT2D eigenvalue weighted by molar-refractivity contribution is 8.19. The molecule has 1 N–H and O–H groups in total. The van der Waals surface area contributed by atoms with Gasteiger partial charge in [0.1, 0.15) is 10.9 Å². The van der Waals surface area contributed by atoms with E-state index < -0.39 is 5.92 Å². The van der Waals surface area contributed by atoms with Crippen LogP contribution in [0, 0.1) is 5.41 Å². The molecule has 0 spiro atoms. The number of benzene rings is 1. The van der Waals surface area contributed by atoms with E-state index in [4.69, 9.17) is 5.41 Å². The molecule has 6 heteroatoms. The lowest BCUT2D eigenvalue weighted by molar-refractivity contribution is -0.114. The Bertz CT molecular complexity index is 733. The molecule has 1 fully saturated rings. The molecular formula is C16H15N3OS2. The van der Waals surface area contributed by atoms with Crippen molar-refractivity contribution in [3.05, 3.63) is 51.3 Å². The standard InChI is InChI=1S/C16H15N3OS2/c1-19(2)11-5-3-10(4-6-11)9-12-14(20)13(15(17)22-12)16-18-7-8-21-16/h3-9,13,17H,1-2H3/b12-9-,17-15?/t13-/m1/s1. The van der Waals surface area contributed by atoms with E-state index in [1.54, 1.807) is 6.20 Å². The molecule has 1 aromatic carbocycles. The first kappa shape index (κ1) is 15.0. The largest absolute Gasteiger partial charge is 0.378 e. The van der Waals surface area contributed by atoms with Gasteiger partial charge in [-0.3, -0.25) is 10.2 Å². The quantitative estimate of drug-likeness (QED) is 0.874. The number of nitrogens with zero attached hydrogens (tertiary/aromatic N) is 2. The number of allylic oxidation sites excluding steroid dienone is 1. The number of thioether (sulfide) groups is 1. The van der Waals surface area contributed by atoms with Gasteiger partial charge in [-0.25, -0.2) is 4.98 Å². The van der Waals surface area contributed by atoms with E-state index in [9.17, 15) is 4.79 Å². The van der Waals surface area contributed by atoms with E-state index >= 15 is 0 Å². The minimum absolute atomic E-state index is 0.0263. The molecule has 1 atom stereocenters. The third-order valence-electron chi connectivity index (χ3n) is 3.39. The number of aromatic nitrogens is 1. The van der Waals surface area contributed by atoms with Crippen LogP contribution in [0.25, 0.3) is 6.08 Å². The fourth-order valence-corrected chi connectivity index (χ4v) is 4.02. The van der Waals surface area contributed by atoms with Crippen LogP contribution in [0.5, 0.6) is 0 Å². The average molecular weight is 329 g/mol. The highest BCUT2D eigenvalue weighted by Gasteiger charge is 2.38. The number of ketones is 1.